The molecule has 6 nitrogen and oxygen atoms in total. The summed E-state index contributed by atoms with van der Waals surface area (Å²) in [6, 6.07) is 0. The van der Waals surface area contributed by atoms with E-state index in [2.05, 4.69) is 106 Å². The molecule has 0 fully saturated rings. The van der Waals surface area contributed by atoms with Crippen molar-refractivity contribution in [2.24, 2.45) is 0 Å². The van der Waals surface area contributed by atoms with E-state index < -0.39 is 6.10 Å². The van der Waals surface area contributed by atoms with E-state index >= 15 is 0 Å². The minimum Gasteiger partial charge on any atom is -0.462 e. The summed E-state index contributed by atoms with van der Waals surface area (Å²) in [5.41, 5.74) is 0. The molecule has 0 aliphatic carbocycles. The Morgan fingerprint density at radius 3 is 1.05 bits per heavy atom. The summed E-state index contributed by atoms with van der Waals surface area (Å²) < 4.78 is 16.7. The maximum absolute atomic E-state index is 12.7. The molecule has 0 aromatic carbocycles. The molecule has 0 unspecified atom stereocenters. The Morgan fingerprint density at radius 2 is 0.661 bits per heavy atom. The zero-order valence-corrected chi connectivity index (χ0v) is 38.2. The van der Waals surface area contributed by atoms with Crippen LogP contribution in [0.5, 0.6) is 0 Å². The molecule has 0 spiro atoms. The van der Waals surface area contributed by atoms with Crippen LogP contribution < -0.4 is 0 Å². The first kappa shape index (κ1) is 55.6. The third-order valence-electron chi connectivity index (χ3n) is 9.86. The van der Waals surface area contributed by atoms with Crippen LogP contribution in [0.15, 0.2) is 85.1 Å². The Labute approximate surface area is 363 Å². The first-order chi connectivity index (χ1) is 29.0. The highest BCUT2D eigenvalue weighted by Gasteiger charge is 2.19. The molecule has 0 saturated carbocycles. The molecule has 0 aromatic rings. The summed E-state index contributed by atoms with van der Waals surface area (Å²) in [7, 11) is 0. The van der Waals surface area contributed by atoms with E-state index in [1.807, 2.05) is 0 Å². The number of ether oxygens (including phenoxy) is 3. The lowest BCUT2D eigenvalue weighted by atomic mass is 10.1. The summed E-state index contributed by atoms with van der Waals surface area (Å²) in [4.78, 5) is 37.8. The van der Waals surface area contributed by atoms with Gasteiger partial charge in [-0.15, -0.1) is 0 Å². The summed E-state index contributed by atoms with van der Waals surface area (Å²) in [6.45, 7) is 6.32. The number of hydrogen-bond acceptors (Lipinski definition) is 6. The van der Waals surface area contributed by atoms with Crippen molar-refractivity contribution in [3.05, 3.63) is 85.1 Å². The highest BCUT2D eigenvalue weighted by Crippen LogP contribution is 2.13. The Bertz CT molecular complexity index is 1100. The molecule has 6 heteroatoms. The Morgan fingerprint density at radius 1 is 0.356 bits per heavy atom. The van der Waals surface area contributed by atoms with Crippen molar-refractivity contribution in [3.63, 3.8) is 0 Å². The first-order valence-electron chi connectivity index (χ1n) is 24.1. The second kappa shape index (κ2) is 47.3. The SMILES string of the molecule is CC/C=C\C/C=C\C/C=C\CCCCCCCC(=O)OCC(COC(=O)CCCCCCC/C=C\C/C=C\C/C=C\CC)OC(=O)CCCCCCC/C=C\CCCC. The molecule has 0 bridgehead atoms. The number of allylic oxidation sites excluding steroid dienone is 14. The number of unbranched alkanes of at least 4 members (excludes halogenated alkanes) is 17. The average molecular weight is 821 g/mol. The molecule has 0 saturated heterocycles. The number of carbonyl (C=O) groups excluding carboxylic acids is 3. The monoisotopic (exact) mass is 821 g/mol. The van der Waals surface area contributed by atoms with Crippen LogP contribution in [0.4, 0.5) is 0 Å². The normalized spacial score (nSPS) is 12.3. The predicted octanol–water partition coefficient (Wildman–Crippen LogP) is 15.6. The number of esters is 3. The van der Waals surface area contributed by atoms with Gasteiger partial charge in [0.15, 0.2) is 6.10 Å². The van der Waals surface area contributed by atoms with Crippen LogP contribution >= 0.6 is 0 Å². The van der Waals surface area contributed by atoms with Crippen LogP contribution in [0, 0.1) is 0 Å². The van der Waals surface area contributed by atoms with E-state index in [0.717, 1.165) is 148 Å². The summed E-state index contributed by atoms with van der Waals surface area (Å²) in [5, 5.41) is 0. The van der Waals surface area contributed by atoms with Crippen LogP contribution in [-0.2, 0) is 28.6 Å². The number of hydrogen-bond donors (Lipinski definition) is 0. The van der Waals surface area contributed by atoms with Gasteiger partial charge in [0.05, 0.1) is 0 Å². The molecule has 0 N–H and O–H groups in total. The standard InChI is InChI=1S/C53H88O6/c1-4-7-10-13-16-19-22-24-26-28-31-33-36-39-42-45-51(54)57-48-50(59-53(56)47-44-41-38-35-30-21-18-15-12-9-6-3)49-58-52(55)46-43-40-37-34-32-29-27-25-23-20-17-14-11-8-5-2/h7-8,10-11,15-20,24-27,50H,4-6,9,12-14,21-23,28-49H2,1-3H3/b10-7-,11-8-,18-15-,19-16-,20-17-,26-24-,27-25-. The van der Waals surface area contributed by atoms with Gasteiger partial charge in [0.1, 0.15) is 13.2 Å². The van der Waals surface area contributed by atoms with Crippen molar-refractivity contribution in [3.8, 4) is 0 Å². The molecular weight excluding hydrogens is 733 g/mol. The zero-order valence-electron chi connectivity index (χ0n) is 38.2. The van der Waals surface area contributed by atoms with E-state index in [1.165, 1.54) is 25.7 Å². The van der Waals surface area contributed by atoms with Crippen molar-refractivity contribution in [1.82, 2.24) is 0 Å². The lowest BCUT2D eigenvalue weighted by Crippen LogP contribution is -2.30. The molecular formula is C53H88O6. The largest absolute Gasteiger partial charge is 0.462 e. The van der Waals surface area contributed by atoms with Crippen LogP contribution in [0.3, 0.4) is 0 Å². The molecule has 0 amide bonds. The molecule has 0 aromatic heterocycles. The molecule has 336 valence electrons. The van der Waals surface area contributed by atoms with Gasteiger partial charge >= 0.3 is 17.9 Å². The molecule has 0 atom stereocenters. The molecule has 59 heavy (non-hydrogen) atoms. The van der Waals surface area contributed by atoms with E-state index in [1.54, 1.807) is 0 Å². The molecule has 0 aliphatic heterocycles. The lowest BCUT2D eigenvalue weighted by Gasteiger charge is -2.18. The van der Waals surface area contributed by atoms with E-state index in [-0.39, 0.29) is 31.1 Å². The second-order valence-electron chi connectivity index (χ2n) is 15.6. The van der Waals surface area contributed by atoms with Crippen molar-refractivity contribution in [1.29, 1.82) is 0 Å². The van der Waals surface area contributed by atoms with Gasteiger partial charge in [-0.1, -0.05) is 176 Å². The number of carbonyl (C=O) groups is 3. The molecule has 0 heterocycles. The maximum Gasteiger partial charge on any atom is 0.306 e. The van der Waals surface area contributed by atoms with Crippen LogP contribution in [0.2, 0.25) is 0 Å². The van der Waals surface area contributed by atoms with E-state index in [4.69, 9.17) is 14.2 Å². The van der Waals surface area contributed by atoms with Crippen molar-refractivity contribution in [2.45, 2.75) is 219 Å². The Kier molecular flexibility index (Phi) is 44.5. The van der Waals surface area contributed by atoms with Crippen LogP contribution in [0.1, 0.15) is 213 Å². The van der Waals surface area contributed by atoms with Gasteiger partial charge in [-0.2, -0.15) is 0 Å². The second-order valence-corrected chi connectivity index (χ2v) is 15.6. The van der Waals surface area contributed by atoms with Gasteiger partial charge in [0.2, 0.25) is 0 Å². The van der Waals surface area contributed by atoms with Gasteiger partial charge in [0, 0.05) is 19.3 Å². The fraction of sp³-hybridized carbons (Fsp3) is 0.679. The quantitative estimate of drug-likeness (QED) is 0.0264. The fourth-order valence-corrected chi connectivity index (χ4v) is 6.27. The van der Waals surface area contributed by atoms with Crippen molar-refractivity contribution < 1.29 is 28.6 Å². The highest BCUT2D eigenvalue weighted by molar-refractivity contribution is 5.71. The van der Waals surface area contributed by atoms with Gasteiger partial charge < -0.3 is 14.2 Å². The Balaban J connectivity index is 4.44. The van der Waals surface area contributed by atoms with Gasteiger partial charge in [-0.25, -0.2) is 0 Å². The lowest BCUT2D eigenvalue weighted by molar-refractivity contribution is -0.167. The summed E-state index contributed by atoms with van der Waals surface area (Å²) in [5.74, 6) is -0.943. The molecule has 0 aliphatic rings. The van der Waals surface area contributed by atoms with Gasteiger partial charge in [-0.3, -0.25) is 14.4 Å². The average Bonchev–Trinajstić information content (AvgIpc) is 3.23. The van der Waals surface area contributed by atoms with Crippen molar-refractivity contribution >= 4 is 17.9 Å². The minimum atomic E-state index is -0.794. The topological polar surface area (TPSA) is 78.9 Å². The van der Waals surface area contributed by atoms with Crippen LogP contribution in [0.25, 0.3) is 0 Å². The van der Waals surface area contributed by atoms with Gasteiger partial charge in [0.25, 0.3) is 0 Å². The van der Waals surface area contributed by atoms with E-state index in [9.17, 15) is 14.4 Å². The third kappa shape index (κ3) is 45.5. The van der Waals surface area contributed by atoms with Crippen molar-refractivity contribution in [2.75, 3.05) is 13.2 Å². The van der Waals surface area contributed by atoms with Gasteiger partial charge in [-0.05, 0) is 103 Å². The first-order valence-corrected chi connectivity index (χ1v) is 24.1. The summed E-state index contributed by atoms with van der Waals surface area (Å²) >= 11 is 0. The highest BCUT2D eigenvalue weighted by atomic mass is 16.6. The maximum atomic E-state index is 12.7. The third-order valence-corrected chi connectivity index (χ3v) is 9.86. The Hall–Kier alpha value is -3.41. The fourth-order valence-electron chi connectivity index (χ4n) is 6.27. The smallest absolute Gasteiger partial charge is 0.306 e. The predicted molar refractivity (Wildman–Crippen MR) is 251 cm³/mol. The summed E-state index contributed by atoms with van der Waals surface area (Å²) in [6.07, 6.45) is 59.9. The zero-order chi connectivity index (χ0) is 43.0. The molecule has 0 rings (SSSR count). The van der Waals surface area contributed by atoms with E-state index in [0.29, 0.717) is 19.3 Å². The minimum absolute atomic E-state index is 0.0956. The number of rotatable bonds is 42. The van der Waals surface area contributed by atoms with Crippen LogP contribution in [-0.4, -0.2) is 37.2 Å². The molecule has 0 radical (unpaired) electrons.